The van der Waals surface area contributed by atoms with Crippen LogP contribution in [-0.2, 0) is 15.0 Å². The van der Waals surface area contributed by atoms with Crippen molar-refractivity contribution < 1.29 is 9.59 Å². The first-order valence-electron chi connectivity index (χ1n) is 10.3. The van der Waals surface area contributed by atoms with E-state index in [9.17, 15) is 9.59 Å². The number of nitrogens with zero attached hydrogens (tertiary/aromatic N) is 1. The van der Waals surface area contributed by atoms with Crippen molar-refractivity contribution in [3.8, 4) is 0 Å². The Kier molecular flexibility index (Phi) is 4.36. The minimum absolute atomic E-state index is 0.0617. The van der Waals surface area contributed by atoms with Gasteiger partial charge in [0.2, 0.25) is 11.8 Å². The Labute approximate surface area is 162 Å². The monoisotopic (exact) mass is 368 g/mol. The zero-order valence-electron chi connectivity index (χ0n) is 17.0. The van der Waals surface area contributed by atoms with Crippen molar-refractivity contribution in [3.05, 3.63) is 35.4 Å². The van der Waals surface area contributed by atoms with E-state index in [2.05, 4.69) is 50.4 Å². The van der Waals surface area contributed by atoms with Crippen molar-refractivity contribution in [2.24, 2.45) is 5.92 Å². The van der Waals surface area contributed by atoms with Gasteiger partial charge in [0.1, 0.15) is 0 Å². The normalized spacial score (nSPS) is 32.6. The number of hydrogen-bond acceptors (Lipinski definition) is 2. The molecule has 1 heterocycles. The summed E-state index contributed by atoms with van der Waals surface area (Å²) in [6.07, 6.45) is 5.29. The fourth-order valence-electron chi connectivity index (χ4n) is 5.04. The number of nitrogens with one attached hydrogen (secondary N) is 1. The maximum absolute atomic E-state index is 12.8. The highest BCUT2D eigenvalue weighted by atomic mass is 16.2. The second kappa shape index (κ2) is 6.35. The molecule has 2 aliphatic carbocycles. The summed E-state index contributed by atoms with van der Waals surface area (Å²) in [6, 6.07) is 9.32. The summed E-state index contributed by atoms with van der Waals surface area (Å²) in [4.78, 5) is 26.3. The molecule has 1 aromatic carbocycles. The van der Waals surface area contributed by atoms with Crippen LogP contribution in [0.25, 0.3) is 0 Å². The Morgan fingerprint density at radius 3 is 2.52 bits per heavy atom. The molecular formula is C23H32N2O2. The molecule has 0 bridgehead atoms. The van der Waals surface area contributed by atoms with Gasteiger partial charge in [0.15, 0.2) is 0 Å². The largest absolute Gasteiger partial charge is 0.351 e. The Balaban J connectivity index is 1.31. The SMILES string of the molecule is CN(C(=O)[C@H]1C[C@]2(CCC(=O)N2)C1)[C@H]1C[C@@H](c2cccc(C(C)(C)C)c2)C1. The summed E-state index contributed by atoms with van der Waals surface area (Å²) >= 11 is 0. The van der Waals surface area contributed by atoms with Gasteiger partial charge in [-0.25, -0.2) is 0 Å². The number of benzene rings is 1. The molecule has 2 amide bonds. The fourth-order valence-corrected chi connectivity index (χ4v) is 5.04. The van der Waals surface area contributed by atoms with Crippen LogP contribution in [0.4, 0.5) is 0 Å². The summed E-state index contributed by atoms with van der Waals surface area (Å²) in [6.45, 7) is 6.75. The lowest BCUT2D eigenvalue weighted by Crippen LogP contribution is -2.58. The van der Waals surface area contributed by atoms with E-state index < -0.39 is 0 Å². The molecule has 0 aromatic heterocycles. The van der Waals surface area contributed by atoms with Crippen LogP contribution < -0.4 is 5.32 Å². The maximum Gasteiger partial charge on any atom is 0.225 e. The zero-order valence-corrected chi connectivity index (χ0v) is 17.0. The van der Waals surface area contributed by atoms with E-state index in [1.54, 1.807) is 0 Å². The molecule has 0 radical (unpaired) electrons. The molecule has 3 aliphatic rings. The van der Waals surface area contributed by atoms with Gasteiger partial charge in [0, 0.05) is 31.0 Å². The molecule has 3 fully saturated rings. The van der Waals surface area contributed by atoms with Crippen molar-refractivity contribution in [1.82, 2.24) is 10.2 Å². The summed E-state index contributed by atoms with van der Waals surface area (Å²) in [7, 11) is 1.97. The maximum atomic E-state index is 12.8. The van der Waals surface area contributed by atoms with E-state index in [1.165, 1.54) is 11.1 Å². The topological polar surface area (TPSA) is 49.4 Å². The molecule has 1 aliphatic heterocycles. The van der Waals surface area contributed by atoms with Gasteiger partial charge in [-0.2, -0.15) is 0 Å². The van der Waals surface area contributed by atoms with Gasteiger partial charge in [-0.1, -0.05) is 45.0 Å². The van der Waals surface area contributed by atoms with Gasteiger partial charge >= 0.3 is 0 Å². The summed E-state index contributed by atoms with van der Waals surface area (Å²) in [5.74, 6) is 1.08. The number of hydrogen-bond donors (Lipinski definition) is 1. The van der Waals surface area contributed by atoms with E-state index in [0.29, 0.717) is 18.4 Å². The Bertz CT molecular complexity index is 752. The molecule has 0 atom stereocenters. The fraction of sp³-hybridized carbons (Fsp3) is 0.652. The molecule has 1 aromatic rings. The molecule has 146 valence electrons. The number of carbonyl (C=O) groups excluding carboxylic acids is 2. The third kappa shape index (κ3) is 3.39. The molecule has 4 nitrogen and oxygen atoms in total. The predicted octanol–water partition coefficient (Wildman–Crippen LogP) is 3.75. The summed E-state index contributed by atoms with van der Waals surface area (Å²) < 4.78 is 0. The zero-order chi connectivity index (χ0) is 19.4. The Hall–Kier alpha value is -1.84. The highest BCUT2D eigenvalue weighted by Crippen LogP contribution is 2.46. The lowest BCUT2D eigenvalue weighted by molar-refractivity contribution is -0.144. The molecule has 1 saturated heterocycles. The smallest absolute Gasteiger partial charge is 0.225 e. The van der Waals surface area contributed by atoms with Gasteiger partial charge in [-0.15, -0.1) is 0 Å². The molecule has 1 N–H and O–H groups in total. The van der Waals surface area contributed by atoms with E-state index in [1.807, 2.05) is 11.9 Å². The van der Waals surface area contributed by atoms with E-state index in [4.69, 9.17) is 0 Å². The molecule has 27 heavy (non-hydrogen) atoms. The van der Waals surface area contributed by atoms with Gasteiger partial charge < -0.3 is 10.2 Å². The summed E-state index contributed by atoms with van der Waals surface area (Å²) in [5.41, 5.74) is 2.90. The van der Waals surface area contributed by atoms with Crippen LogP contribution >= 0.6 is 0 Å². The molecular weight excluding hydrogens is 336 g/mol. The van der Waals surface area contributed by atoms with Gasteiger partial charge in [0.05, 0.1) is 0 Å². The standard InChI is InChI=1S/C23H32N2O2/c1-22(2,3)18-7-5-6-15(10-18)16-11-19(12-16)25(4)21(27)17-13-23(14-17)9-8-20(26)24-23/h5-7,10,16-17,19H,8-9,11-14H2,1-4H3,(H,24,26)/t16-,17-,19+,23+. The first kappa shape index (κ1) is 18.5. The molecule has 1 spiro atoms. The van der Waals surface area contributed by atoms with Gasteiger partial charge in [-0.3, -0.25) is 9.59 Å². The molecule has 2 saturated carbocycles. The van der Waals surface area contributed by atoms with E-state index in [-0.39, 0.29) is 28.7 Å². The van der Waals surface area contributed by atoms with Gasteiger partial charge in [0.25, 0.3) is 0 Å². The quantitative estimate of drug-likeness (QED) is 0.883. The van der Waals surface area contributed by atoms with Crippen LogP contribution in [0.1, 0.15) is 76.3 Å². The van der Waals surface area contributed by atoms with Crippen molar-refractivity contribution in [3.63, 3.8) is 0 Å². The first-order chi connectivity index (χ1) is 12.7. The predicted molar refractivity (Wildman–Crippen MR) is 107 cm³/mol. The van der Waals surface area contributed by atoms with E-state index in [0.717, 1.165) is 32.1 Å². The van der Waals surface area contributed by atoms with Crippen LogP contribution in [0.3, 0.4) is 0 Å². The summed E-state index contributed by atoms with van der Waals surface area (Å²) in [5, 5.41) is 3.08. The molecule has 0 unspecified atom stereocenters. The van der Waals surface area contributed by atoms with Crippen molar-refractivity contribution in [2.45, 2.75) is 82.2 Å². The average Bonchev–Trinajstić information content (AvgIpc) is 2.93. The highest BCUT2D eigenvalue weighted by molar-refractivity contribution is 5.83. The molecule has 4 heteroatoms. The van der Waals surface area contributed by atoms with Crippen LogP contribution in [0, 0.1) is 5.92 Å². The Morgan fingerprint density at radius 1 is 1.22 bits per heavy atom. The van der Waals surface area contributed by atoms with Crippen LogP contribution in [0.2, 0.25) is 0 Å². The van der Waals surface area contributed by atoms with E-state index >= 15 is 0 Å². The average molecular weight is 369 g/mol. The van der Waals surface area contributed by atoms with Crippen LogP contribution in [-0.4, -0.2) is 35.3 Å². The van der Waals surface area contributed by atoms with Crippen LogP contribution in [0.15, 0.2) is 24.3 Å². The van der Waals surface area contributed by atoms with Crippen molar-refractivity contribution >= 4 is 11.8 Å². The molecule has 4 rings (SSSR count). The Morgan fingerprint density at radius 2 is 1.93 bits per heavy atom. The lowest BCUT2D eigenvalue weighted by Gasteiger charge is -2.48. The van der Waals surface area contributed by atoms with Gasteiger partial charge in [-0.05, 0) is 54.6 Å². The minimum atomic E-state index is -0.0617. The minimum Gasteiger partial charge on any atom is -0.351 e. The highest BCUT2D eigenvalue weighted by Gasteiger charge is 2.52. The van der Waals surface area contributed by atoms with Crippen LogP contribution in [0.5, 0.6) is 0 Å². The first-order valence-corrected chi connectivity index (χ1v) is 10.3. The second-order valence-electron chi connectivity index (χ2n) is 10.1. The third-order valence-electron chi connectivity index (χ3n) is 7.09. The third-order valence-corrected chi connectivity index (χ3v) is 7.09. The number of amides is 2. The second-order valence-corrected chi connectivity index (χ2v) is 10.1. The lowest BCUT2D eigenvalue weighted by atomic mass is 9.66. The number of carbonyl (C=O) groups is 2. The number of rotatable bonds is 3. The van der Waals surface area contributed by atoms with Crippen molar-refractivity contribution in [2.75, 3.05) is 7.05 Å². The van der Waals surface area contributed by atoms with Crippen molar-refractivity contribution in [1.29, 1.82) is 0 Å².